The van der Waals surface area contributed by atoms with Crippen molar-refractivity contribution >= 4 is 0 Å². The molecule has 100 valence electrons. The fraction of sp³-hybridized carbons (Fsp3) is 0.882. The van der Waals surface area contributed by atoms with Gasteiger partial charge in [0, 0.05) is 0 Å². The summed E-state index contributed by atoms with van der Waals surface area (Å²) >= 11 is 0. The van der Waals surface area contributed by atoms with Gasteiger partial charge in [-0.2, -0.15) is 0 Å². The highest BCUT2D eigenvalue weighted by Gasteiger charge is 2.46. The van der Waals surface area contributed by atoms with Gasteiger partial charge in [0.15, 0.2) is 0 Å². The van der Waals surface area contributed by atoms with Crippen LogP contribution in [0.3, 0.4) is 0 Å². The lowest BCUT2D eigenvalue weighted by Crippen LogP contribution is -2.42. The first-order valence-electron chi connectivity index (χ1n) is 8.31. The number of rotatable bonds is 0. The van der Waals surface area contributed by atoms with Crippen LogP contribution < -0.4 is 5.32 Å². The Hall–Kier alpha value is -0.300. The molecule has 0 spiro atoms. The number of hydrogen-bond acceptors (Lipinski definition) is 1. The van der Waals surface area contributed by atoms with Gasteiger partial charge >= 0.3 is 0 Å². The predicted molar refractivity (Wildman–Crippen MR) is 75.3 cm³/mol. The molecule has 6 unspecified atom stereocenters. The summed E-state index contributed by atoms with van der Waals surface area (Å²) < 4.78 is 0. The minimum Gasteiger partial charge on any atom is -0.317 e. The van der Waals surface area contributed by atoms with Gasteiger partial charge in [0.1, 0.15) is 0 Å². The van der Waals surface area contributed by atoms with Gasteiger partial charge in [-0.3, -0.25) is 0 Å². The van der Waals surface area contributed by atoms with Crippen molar-refractivity contribution in [3.63, 3.8) is 0 Å². The molecule has 0 aromatic heterocycles. The SMILES string of the molecule is C1=CC2C(C1)CCC1C3CCNCCC3CCC21. The molecule has 3 fully saturated rings. The van der Waals surface area contributed by atoms with Crippen molar-refractivity contribution in [1.29, 1.82) is 0 Å². The van der Waals surface area contributed by atoms with Crippen molar-refractivity contribution in [2.75, 3.05) is 13.1 Å². The van der Waals surface area contributed by atoms with Crippen LogP contribution in [0.1, 0.15) is 44.9 Å². The lowest BCUT2D eigenvalue weighted by molar-refractivity contribution is 0.00901. The number of allylic oxidation sites excluding steroid dienone is 2. The molecule has 1 aliphatic heterocycles. The summed E-state index contributed by atoms with van der Waals surface area (Å²) in [4.78, 5) is 0. The van der Waals surface area contributed by atoms with Crippen LogP contribution in [-0.4, -0.2) is 13.1 Å². The number of fused-ring (bicyclic) bond motifs is 5. The smallest absolute Gasteiger partial charge is 0.00461 e. The first-order valence-corrected chi connectivity index (χ1v) is 8.31. The first-order chi connectivity index (χ1) is 8.93. The van der Waals surface area contributed by atoms with E-state index in [4.69, 9.17) is 0 Å². The molecule has 0 radical (unpaired) electrons. The van der Waals surface area contributed by atoms with Gasteiger partial charge in [-0.15, -0.1) is 0 Å². The van der Waals surface area contributed by atoms with E-state index in [1.807, 2.05) is 0 Å². The highest BCUT2D eigenvalue weighted by Crippen LogP contribution is 2.54. The van der Waals surface area contributed by atoms with Crippen LogP contribution in [0.15, 0.2) is 12.2 Å². The van der Waals surface area contributed by atoms with E-state index in [0.717, 1.165) is 35.5 Å². The Morgan fingerprint density at radius 1 is 0.722 bits per heavy atom. The molecular formula is C17H27N. The van der Waals surface area contributed by atoms with Gasteiger partial charge in [0.2, 0.25) is 0 Å². The third kappa shape index (κ3) is 1.78. The minimum atomic E-state index is 0.973. The lowest BCUT2D eigenvalue weighted by Gasteiger charge is -2.49. The number of hydrogen-bond donors (Lipinski definition) is 1. The van der Waals surface area contributed by atoms with E-state index >= 15 is 0 Å². The monoisotopic (exact) mass is 245 g/mol. The molecule has 1 heterocycles. The maximum Gasteiger partial charge on any atom is -0.00461 e. The molecular weight excluding hydrogens is 218 g/mol. The molecule has 0 bridgehead atoms. The Labute approximate surface area is 111 Å². The lowest BCUT2D eigenvalue weighted by atomic mass is 9.55. The Morgan fingerprint density at radius 3 is 2.56 bits per heavy atom. The maximum atomic E-state index is 3.63. The van der Waals surface area contributed by atoms with E-state index in [0.29, 0.717) is 0 Å². The minimum absolute atomic E-state index is 0.973. The first kappa shape index (κ1) is 11.5. The van der Waals surface area contributed by atoms with Gasteiger partial charge in [-0.05, 0) is 93.5 Å². The van der Waals surface area contributed by atoms with Gasteiger partial charge in [0.05, 0.1) is 0 Å². The summed E-state index contributed by atoms with van der Waals surface area (Å²) in [5, 5.41) is 3.63. The van der Waals surface area contributed by atoms with Gasteiger partial charge in [0.25, 0.3) is 0 Å². The second-order valence-corrected chi connectivity index (χ2v) is 7.23. The molecule has 1 nitrogen and oxygen atoms in total. The molecule has 0 aromatic rings. The largest absolute Gasteiger partial charge is 0.317 e. The predicted octanol–water partition coefficient (Wildman–Crippen LogP) is 3.61. The Morgan fingerprint density at radius 2 is 1.56 bits per heavy atom. The Kier molecular flexibility index (Phi) is 2.99. The molecule has 18 heavy (non-hydrogen) atoms. The number of nitrogens with one attached hydrogen (secondary N) is 1. The van der Waals surface area contributed by atoms with Crippen molar-refractivity contribution in [3.05, 3.63) is 12.2 Å². The van der Waals surface area contributed by atoms with E-state index < -0.39 is 0 Å². The average molecular weight is 245 g/mol. The van der Waals surface area contributed by atoms with Crippen molar-refractivity contribution in [1.82, 2.24) is 5.32 Å². The zero-order valence-corrected chi connectivity index (χ0v) is 11.5. The summed E-state index contributed by atoms with van der Waals surface area (Å²) in [5.41, 5.74) is 0. The van der Waals surface area contributed by atoms with Crippen LogP contribution in [0.2, 0.25) is 0 Å². The van der Waals surface area contributed by atoms with E-state index in [1.165, 1.54) is 51.6 Å². The van der Waals surface area contributed by atoms with Crippen molar-refractivity contribution < 1.29 is 0 Å². The van der Waals surface area contributed by atoms with Crippen LogP contribution in [-0.2, 0) is 0 Å². The van der Waals surface area contributed by atoms with Crippen LogP contribution in [0, 0.1) is 35.5 Å². The molecule has 0 aromatic carbocycles. The molecule has 2 saturated carbocycles. The fourth-order valence-corrected chi connectivity index (χ4v) is 5.83. The molecule has 6 atom stereocenters. The van der Waals surface area contributed by atoms with Crippen LogP contribution in [0.4, 0.5) is 0 Å². The van der Waals surface area contributed by atoms with Crippen LogP contribution in [0.5, 0.6) is 0 Å². The van der Waals surface area contributed by atoms with E-state index in [9.17, 15) is 0 Å². The third-order valence-corrected chi connectivity index (χ3v) is 6.63. The maximum absolute atomic E-state index is 3.63. The summed E-state index contributed by atoms with van der Waals surface area (Å²) in [6.07, 6.45) is 15.5. The molecule has 3 aliphatic carbocycles. The summed E-state index contributed by atoms with van der Waals surface area (Å²) in [6, 6.07) is 0. The average Bonchev–Trinajstić information content (AvgIpc) is 2.75. The quantitative estimate of drug-likeness (QED) is 0.643. The van der Waals surface area contributed by atoms with Gasteiger partial charge < -0.3 is 5.32 Å². The van der Waals surface area contributed by atoms with Crippen molar-refractivity contribution in [2.24, 2.45) is 35.5 Å². The normalized spacial score (nSPS) is 51.1. The second kappa shape index (κ2) is 4.67. The van der Waals surface area contributed by atoms with E-state index in [1.54, 1.807) is 6.42 Å². The molecule has 1 heteroatoms. The zero-order chi connectivity index (χ0) is 11.9. The molecule has 1 saturated heterocycles. The summed E-state index contributed by atoms with van der Waals surface area (Å²) in [5.74, 6) is 6.26. The van der Waals surface area contributed by atoms with Crippen LogP contribution >= 0.6 is 0 Å². The highest BCUT2D eigenvalue weighted by molar-refractivity contribution is 5.09. The molecule has 0 amide bonds. The van der Waals surface area contributed by atoms with Gasteiger partial charge in [-0.25, -0.2) is 0 Å². The van der Waals surface area contributed by atoms with Gasteiger partial charge in [-0.1, -0.05) is 12.2 Å². The zero-order valence-electron chi connectivity index (χ0n) is 11.5. The van der Waals surface area contributed by atoms with E-state index in [2.05, 4.69) is 17.5 Å². The molecule has 1 N–H and O–H groups in total. The Balaban J connectivity index is 1.57. The summed E-state index contributed by atoms with van der Waals surface area (Å²) in [6.45, 7) is 2.57. The Bertz CT molecular complexity index is 335. The summed E-state index contributed by atoms with van der Waals surface area (Å²) in [7, 11) is 0. The van der Waals surface area contributed by atoms with E-state index in [-0.39, 0.29) is 0 Å². The highest BCUT2D eigenvalue weighted by atomic mass is 14.9. The third-order valence-electron chi connectivity index (χ3n) is 6.63. The molecule has 4 rings (SSSR count). The van der Waals surface area contributed by atoms with Crippen LogP contribution in [0.25, 0.3) is 0 Å². The fourth-order valence-electron chi connectivity index (χ4n) is 5.83. The molecule has 4 aliphatic rings. The van der Waals surface area contributed by atoms with Crippen molar-refractivity contribution in [3.8, 4) is 0 Å². The second-order valence-electron chi connectivity index (χ2n) is 7.23. The van der Waals surface area contributed by atoms with Crippen molar-refractivity contribution in [2.45, 2.75) is 44.9 Å². The topological polar surface area (TPSA) is 12.0 Å². The standard InChI is InChI=1S/C17H27N/c1-2-12-4-6-17-15-9-11-18-10-8-13(15)5-7-16(17)14(12)3-1/h1,3,12-18H,2,4-11H2.